The summed E-state index contributed by atoms with van der Waals surface area (Å²) >= 11 is 0. The topological polar surface area (TPSA) is 62.3 Å². The molecule has 0 atom stereocenters. The molecule has 1 aromatic carbocycles. The zero-order valence-electron chi connectivity index (χ0n) is 16.0. The Morgan fingerprint density at radius 1 is 1.12 bits per heavy atom. The minimum atomic E-state index is -1.12. The molecule has 0 unspecified atom stereocenters. The number of hydrogen-bond donors (Lipinski definition) is 1. The lowest BCUT2D eigenvalue weighted by Crippen LogP contribution is -2.48. The van der Waals surface area contributed by atoms with E-state index in [2.05, 4.69) is 10.3 Å². The van der Waals surface area contributed by atoms with E-state index in [-0.39, 0.29) is 11.8 Å². The number of rotatable bonds is 7. The fraction of sp³-hybridized carbons (Fsp3) is 0.381. The van der Waals surface area contributed by atoms with Crippen LogP contribution >= 0.6 is 0 Å². The van der Waals surface area contributed by atoms with E-state index in [1.54, 1.807) is 38.2 Å². The lowest BCUT2D eigenvalue weighted by atomic mass is 9.90. The molecule has 138 valence electrons. The van der Waals surface area contributed by atoms with Crippen molar-refractivity contribution in [1.82, 2.24) is 15.2 Å². The fourth-order valence-corrected chi connectivity index (χ4v) is 2.73. The van der Waals surface area contributed by atoms with Gasteiger partial charge in [-0.1, -0.05) is 24.3 Å². The monoisotopic (exact) mass is 353 g/mol. The summed E-state index contributed by atoms with van der Waals surface area (Å²) in [6.45, 7) is 6.32. The van der Waals surface area contributed by atoms with Crippen LogP contribution in [0.3, 0.4) is 0 Å². The van der Waals surface area contributed by atoms with Gasteiger partial charge in [-0.05, 0) is 56.0 Å². The highest BCUT2D eigenvalue weighted by Gasteiger charge is 2.37. The minimum absolute atomic E-state index is 0.186. The van der Waals surface area contributed by atoms with Crippen molar-refractivity contribution in [3.05, 3.63) is 65.5 Å². The van der Waals surface area contributed by atoms with Gasteiger partial charge in [0.25, 0.3) is 0 Å². The maximum absolute atomic E-state index is 12.8. The third kappa shape index (κ3) is 4.91. The van der Waals surface area contributed by atoms with Gasteiger partial charge in [0.05, 0.1) is 0 Å². The molecule has 26 heavy (non-hydrogen) atoms. The summed E-state index contributed by atoms with van der Waals surface area (Å²) in [6.07, 6.45) is 4.20. The van der Waals surface area contributed by atoms with Crippen LogP contribution < -0.4 is 5.32 Å². The molecule has 0 radical (unpaired) electrons. The number of nitrogens with one attached hydrogen (secondary N) is 1. The third-order valence-electron chi connectivity index (χ3n) is 4.63. The van der Waals surface area contributed by atoms with Crippen LogP contribution in [-0.2, 0) is 22.6 Å². The largest absolute Gasteiger partial charge is 0.351 e. The maximum Gasteiger partial charge on any atom is 0.237 e. The van der Waals surface area contributed by atoms with Gasteiger partial charge in [0.1, 0.15) is 5.41 Å². The van der Waals surface area contributed by atoms with E-state index >= 15 is 0 Å². The molecule has 1 N–H and O–H groups in total. The normalized spacial score (nSPS) is 11.1. The highest BCUT2D eigenvalue weighted by atomic mass is 16.2. The van der Waals surface area contributed by atoms with Gasteiger partial charge in [-0.3, -0.25) is 14.6 Å². The molecule has 2 amide bonds. The zero-order chi connectivity index (χ0) is 19.2. The average Bonchev–Trinajstić information content (AvgIpc) is 2.65. The van der Waals surface area contributed by atoms with Gasteiger partial charge in [-0.25, -0.2) is 0 Å². The van der Waals surface area contributed by atoms with E-state index in [0.717, 1.165) is 23.1 Å². The van der Waals surface area contributed by atoms with E-state index in [0.29, 0.717) is 13.1 Å². The Kier molecular flexibility index (Phi) is 6.50. The van der Waals surface area contributed by atoms with Crippen LogP contribution in [0.4, 0.5) is 0 Å². The molecule has 0 saturated carbocycles. The van der Waals surface area contributed by atoms with Crippen molar-refractivity contribution >= 4 is 11.8 Å². The maximum atomic E-state index is 12.8. The van der Waals surface area contributed by atoms with Crippen LogP contribution in [-0.4, -0.2) is 35.3 Å². The average molecular weight is 353 g/mol. The second kappa shape index (κ2) is 8.61. The first-order chi connectivity index (χ1) is 12.3. The van der Waals surface area contributed by atoms with Crippen molar-refractivity contribution in [3.63, 3.8) is 0 Å². The van der Waals surface area contributed by atoms with Crippen LogP contribution in [0.1, 0.15) is 30.5 Å². The predicted molar refractivity (Wildman–Crippen MR) is 102 cm³/mol. The van der Waals surface area contributed by atoms with Crippen molar-refractivity contribution < 1.29 is 9.59 Å². The number of nitrogens with zero attached hydrogens (tertiary/aromatic N) is 2. The van der Waals surface area contributed by atoms with Crippen LogP contribution in [0.25, 0.3) is 0 Å². The molecule has 2 aromatic rings. The minimum Gasteiger partial charge on any atom is -0.351 e. The zero-order valence-corrected chi connectivity index (χ0v) is 16.0. The lowest BCUT2D eigenvalue weighted by molar-refractivity contribution is -0.147. The fourth-order valence-electron chi connectivity index (χ4n) is 2.73. The molecule has 0 aliphatic rings. The Balaban J connectivity index is 1.92. The van der Waals surface area contributed by atoms with Crippen molar-refractivity contribution in [2.45, 2.75) is 33.7 Å². The first-order valence-corrected chi connectivity index (χ1v) is 8.79. The number of likely N-dealkylation sites (N-methyl/N-ethyl adjacent to an activating group) is 1. The lowest BCUT2D eigenvalue weighted by Gasteiger charge is -2.28. The quantitative estimate of drug-likeness (QED) is 0.779. The summed E-state index contributed by atoms with van der Waals surface area (Å²) in [6, 6.07) is 11.7. The summed E-state index contributed by atoms with van der Waals surface area (Å²) in [5, 5.41) is 2.89. The Bertz CT molecular complexity index is 757. The van der Waals surface area contributed by atoms with Gasteiger partial charge in [0.2, 0.25) is 11.8 Å². The molecule has 0 saturated heterocycles. The van der Waals surface area contributed by atoms with Crippen LogP contribution in [0.5, 0.6) is 0 Å². The van der Waals surface area contributed by atoms with E-state index in [1.165, 1.54) is 0 Å². The van der Waals surface area contributed by atoms with Crippen molar-refractivity contribution in [2.75, 3.05) is 13.6 Å². The molecule has 1 heterocycles. The van der Waals surface area contributed by atoms with Crippen molar-refractivity contribution in [2.24, 2.45) is 5.41 Å². The summed E-state index contributed by atoms with van der Waals surface area (Å²) in [5.41, 5.74) is 2.17. The van der Waals surface area contributed by atoms with E-state index in [9.17, 15) is 9.59 Å². The van der Waals surface area contributed by atoms with Crippen LogP contribution in [0.2, 0.25) is 0 Å². The summed E-state index contributed by atoms with van der Waals surface area (Å²) in [5.74, 6) is -0.449. The molecule has 0 aliphatic carbocycles. The summed E-state index contributed by atoms with van der Waals surface area (Å²) < 4.78 is 0. The number of carbonyl (C=O) groups excluding carboxylic acids is 2. The second-order valence-electron chi connectivity index (χ2n) is 7.07. The van der Waals surface area contributed by atoms with Crippen LogP contribution in [0, 0.1) is 12.3 Å². The second-order valence-corrected chi connectivity index (χ2v) is 7.07. The number of pyridine rings is 1. The molecule has 2 rings (SSSR count). The number of aromatic nitrogens is 1. The Labute approximate surface area is 155 Å². The van der Waals surface area contributed by atoms with Gasteiger partial charge >= 0.3 is 0 Å². The van der Waals surface area contributed by atoms with Gasteiger partial charge in [-0.15, -0.1) is 0 Å². The predicted octanol–water partition coefficient (Wildman–Crippen LogP) is 2.73. The standard InChI is InChI=1S/C21H27N3O2/c1-16-7-5-6-8-18(16)15-23-19(25)21(2,3)20(26)24(4)14-11-17-9-12-22-13-10-17/h5-10,12-13H,11,14-15H2,1-4H3,(H,23,25). The van der Waals surface area contributed by atoms with Crippen molar-refractivity contribution in [1.29, 1.82) is 0 Å². The van der Waals surface area contributed by atoms with Gasteiger partial charge in [0, 0.05) is 32.5 Å². The molecule has 0 bridgehead atoms. The molecule has 5 heteroatoms. The number of aryl methyl sites for hydroxylation is 1. The smallest absolute Gasteiger partial charge is 0.237 e. The van der Waals surface area contributed by atoms with E-state index < -0.39 is 5.41 Å². The van der Waals surface area contributed by atoms with Crippen LogP contribution in [0.15, 0.2) is 48.8 Å². The molecule has 5 nitrogen and oxygen atoms in total. The number of amides is 2. The van der Waals surface area contributed by atoms with E-state index in [1.807, 2.05) is 43.3 Å². The molecule has 1 aromatic heterocycles. The first-order valence-electron chi connectivity index (χ1n) is 8.79. The number of hydrogen-bond acceptors (Lipinski definition) is 3. The molecule has 0 aliphatic heterocycles. The molecular weight excluding hydrogens is 326 g/mol. The van der Waals surface area contributed by atoms with Gasteiger partial charge in [0.15, 0.2) is 0 Å². The van der Waals surface area contributed by atoms with Gasteiger partial charge in [-0.2, -0.15) is 0 Å². The van der Waals surface area contributed by atoms with E-state index in [4.69, 9.17) is 0 Å². The number of carbonyl (C=O) groups is 2. The highest BCUT2D eigenvalue weighted by Crippen LogP contribution is 2.19. The Morgan fingerprint density at radius 2 is 1.77 bits per heavy atom. The highest BCUT2D eigenvalue weighted by molar-refractivity contribution is 6.04. The number of benzene rings is 1. The Morgan fingerprint density at radius 3 is 2.42 bits per heavy atom. The first kappa shape index (κ1) is 19.6. The summed E-state index contributed by atoms with van der Waals surface area (Å²) in [7, 11) is 1.74. The molecular formula is C21H27N3O2. The molecule has 0 spiro atoms. The SMILES string of the molecule is Cc1ccccc1CNC(=O)C(C)(C)C(=O)N(C)CCc1ccncc1. The van der Waals surface area contributed by atoms with Crippen molar-refractivity contribution in [3.8, 4) is 0 Å². The Hall–Kier alpha value is -2.69. The third-order valence-corrected chi connectivity index (χ3v) is 4.63. The molecule has 0 fully saturated rings. The summed E-state index contributed by atoms with van der Waals surface area (Å²) in [4.78, 5) is 31.0. The van der Waals surface area contributed by atoms with Gasteiger partial charge < -0.3 is 10.2 Å².